The van der Waals surface area contributed by atoms with Crippen molar-refractivity contribution in [3.05, 3.63) is 0 Å². The van der Waals surface area contributed by atoms with Crippen molar-refractivity contribution < 1.29 is 19.1 Å². The fraction of sp³-hybridized carbons (Fsp3) is 0.875. The van der Waals surface area contributed by atoms with Gasteiger partial charge in [-0.15, -0.1) is 0 Å². The van der Waals surface area contributed by atoms with Gasteiger partial charge in [-0.25, -0.2) is 0 Å². The van der Waals surface area contributed by atoms with Gasteiger partial charge in [-0.05, 0) is 57.4 Å². The first-order valence-corrected chi connectivity index (χ1v) is 12.2. The summed E-state index contributed by atoms with van der Waals surface area (Å²) >= 11 is 0. The van der Waals surface area contributed by atoms with E-state index in [0.29, 0.717) is 19.0 Å². The SMILES string of the molecule is CCN(C1CCOCC1)C1CC(C=O)CC(C(=O)NCC2C(=O)NC(C)CC2C)C1C. The molecule has 2 N–H and O–H groups in total. The molecule has 0 radical (unpaired) electrons. The summed E-state index contributed by atoms with van der Waals surface area (Å²) in [6.45, 7) is 11.3. The van der Waals surface area contributed by atoms with Crippen LogP contribution in [0.25, 0.3) is 0 Å². The molecule has 2 aliphatic heterocycles. The Kier molecular flexibility index (Phi) is 8.50. The number of carbonyl (C=O) groups excluding carboxylic acids is 3. The molecule has 31 heavy (non-hydrogen) atoms. The zero-order chi connectivity index (χ0) is 22.5. The van der Waals surface area contributed by atoms with E-state index < -0.39 is 0 Å². The van der Waals surface area contributed by atoms with E-state index >= 15 is 0 Å². The van der Waals surface area contributed by atoms with Gasteiger partial charge in [0, 0.05) is 49.7 Å². The minimum absolute atomic E-state index is 0.00861. The van der Waals surface area contributed by atoms with Crippen LogP contribution >= 0.6 is 0 Å². The number of carbonyl (C=O) groups is 3. The normalized spacial score (nSPS) is 37.3. The molecule has 7 heteroatoms. The number of rotatable bonds is 7. The molecular weight excluding hydrogens is 394 g/mol. The fourth-order valence-corrected chi connectivity index (χ4v) is 6.13. The van der Waals surface area contributed by atoms with Gasteiger partial charge >= 0.3 is 0 Å². The molecule has 0 aromatic rings. The van der Waals surface area contributed by atoms with E-state index in [9.17, 15) is 14.4 Å². The predicted octanol–water partition coefficient (Wildman–Crippen LogP) is 1.99. The Balaban J connectivity index is 1.66. The lowest BCUT2D eigenvalue weighted by Gasteiger charge is -2.47. The number of aldehydes is 1. The molecule has 7 nitrogen and oxygen atoms in total. The first-order valence-electron chi connectivity index (χ1n) is 12.2. The third-order valence-corrected chi connectivity index (χ3v) is 7.96. The highest BCUT2D eigenvalue weighted by molar-refractivity contribution is 5.83. The summed E-state index contributed by atoms with van der Waals surface area (Å²) < 4.78 is 5.54. The topological polar surface area (TPSA) is 87.7 Å². The van der Waals surface area contributed by atoms with Crippen LogP contribution in [0.5, 0.6) is 0 Å². The highest BCUT2D eigenvalue weighted by Gasteiger charge is 2.43. The Bertz CT molecular complexity index is 636. The average molecular weight is 436 g/mol. The van der Waals surface area contributed by atoms with Crippen LogP contribution in [-0.4, -0.2) is 67.4 Å². The van der Waals surface area contributed by atoms with Crippen molar-refractivity contribution in [1.29, 1.82) is 0 Å². The molecule has 7 atom stereocenters. The van der Waals surface area contributed by atoms with Crippen LogP contribution < -0.4 is 10.6 Å². The van der Waals surface area contributed by atoms with Gasteiger partial charge in [-0.2, -0.15) is 0 Å². The highest BCUT2D eigenvalue weighted by Crippen LogP contribution is 2.38. The predicted molar refractivity (Wildman–Crippen MR) is 119 cm³/mol. The Labute approximate surface area is 187 Å². The van der Waals surface area contributed by atoms with Crippen LogP contribution in [0, 0.1) is 29.6 Å². The number of hydrogen-bond donors (Lipinski definition) is 2. The maximum Gasteiger partial charge on any atom is 0.225 e. The van der Waals surface area contributed by atoms with Crippen molar-refractivity contribution in [2.24, 2.45) is 29.6 Å². The maximum atomic E-state index is 13.2. The van der Waals surface area contributed by atoms with E-state index in [1.54, 1.807) is 0 Å². The van der Waals surface area contributed by atoms with Gasteiger partial charge in [0.25, 0.3) is 0 Å². The van der Waals surface area contributed by atoms with E-state index in [0.717, 1.165) is 51.7 Å². The van der Waals surface area contributed by atoms with Gasteiger partial charge in [-0.3, -0.25) is 14.5 Å². The van der Waals surface area contributed by atoms with Crippen LogP contribution in [-0.2, 0) is 19.1 Å². The van der Waals surface area contributed by atoms with E-state index in [2.05, 4.69) is 36.3 Å². The second kappa shape index (κ2) is 10.9. The number of ether oxygens (including phenoxy) is 1. The molecule has 2 heterocycles. The standard InChI is InChI=1S/C24H41N3O4/c1-5-27(19-6-8-31-9-7-19)22-12-18(14-28)11-20(17(22)4)23(29)25-13-21-15(2)10-16(3)26-24(21)30/h14-22H,5-13H2,1-4H3,(H,25,29)(H,26,30). The van der Waals surface area contributed by atoms with Crippen molar-refractivity contribution in [3.8, 4) is 0 Å². The molecule has 2 amide bonds. The zero-order valence-electron chi connectivity index (χ0n) is 19.6. The molecule has 176 valence electrons. The van der Waals surface area contributed by atoms with Gasteiger partial charge in [0.15, 0.2) is 0 Å². The van der Waals surface area contributed by atoms with Crippen LogP contribution in [0.3, 0.4) is 0 Å². The van der Waals surface area contributed by atoms with Crippen molar-refractivity contribution >= 4 is 18.1 Å². The molecule has 0 spiro atoms. The van der Waals surface area contributed by atoms with E-state index in [-0.39, 0.29) is 53.5 Å². The lowest BCUT2D eigenvalue weighted by atomic mass is 9.70. The van der Waals surface area contributed by atoms with Crippen molar-refractivity contribution in [2.45, 2.75) is 77.9 Å². The molecule has 7 unspecified atom stereocenters. The molecule has 3 rings (SSSR count). The van der Waals surface area contributed by atoms with E-state index in [1.807, 2.05) is 6.92 Å². The monoisotopic (exact) mass is 435 g/mol. The molecular formula is C24H41N3O4. The number of hydrogen-bond acceptors (Lipinski definition) is 5. The van der Waals surface area contributed by atoms with Crippen LogP contribution in [0.1, 0.15) is 59.8 Å². The first kappa shape index (κ1) is 24.2. The Morgan fingerprint density at radius 3 is 2.52 bits per heavy atom. The summed E-state index contributed by atoms with van der Waals surface area (Å²) in [6.07, 6.45) is 5.40. The Morgan fingerprint density at radius 2 is 1.90 bits per heavy atom. The summed E-state index contributed by atoms with van der Waals surface area (Å²) in [5.74, 6) is -0.0586. The molecule has 2 saturated heterocycles. The number of nitrogens with zero attached hydrogens (tertiary/aromatic N) is 1. The number of piperidine rings is 1. The van der Waals surface area contributed by atoms with Crippen LogP contribution in [0.4, 0.5) is 0 Å². The van der Waals surface area contributed by atoms with Crippen LogP contribution in [0.15, 0.2) is 0 Å². The molecule has 1 aliphatic carbocycles. The van der Waals surface area contributed by atoms with Gasteiger partial charge in [0.1, 0.15) is 6.29 Å². The van der Waals surface area contributed by atoms with E-state index in [4.69, 9.17) is 4.74 Å². The second-order valence-electron chi connectivity index (χ2n) is 10.0. The van der Waals surface area contributed by atoms with Gasteiger partial charge in [0.05, 0.1) is 5.92 Å². The maximum absolute atomic E-state index is 13.2. The number of nitrogens with one attached hydrogen (secondary N) is 2. The van der Waals surface area contributed by atoms with Gasteiger partial charge in [0.2, 0.25) is 11.8 Å². The lowest BCUT2D eigenvalue weighted by Crippen LogP contribution is -2.55. The summed E-state index contributed by atoms with van der Waals surface area (Å²) in [7, 11) is 0. The molecule has 1 saturated carbocycles. The number of amides is 2. The lowest BCUT2D eigenvalue weighted by molar-refractivity contribution is -0.133. The third-order valence-electron chi connectivity index (χ3n) is 7.96. The summed E-state index contributed by atoms with van der Waals surface area (Å²) in [5.41, 5.74) is 0. The summed E-state index contributed by atoms with van der Waals surface area (Å²) in [5, 5.41) is 6.08. The molecule has 3 fully saturated rings. The quantitative estimate of drug-likeness (QED) is 0.597. The molecule has 0 bridgehead atoms. The largest absolute Gasteiger partial charge is 0.381 e. The minimum atomic E-state index is -0.205. The molecule has 0 aromatic heterocycles. The highest BCUT2D eigenvalue weighted by atomic mass is 16.5. The van der Waals surface area contributed by atoms with E-state index in [1.165, 1.54) is 0 Å². The zero-order valence-corrected chi connectivity index (χ0v) is 19.6. The van der Waals surface area contributed by atoms with Crippen molar-refractivity contribution in [2.75, 3.05) is 26.3 Å². The summed E-state index contributed by atoms with van der Waals surface area (Å²) in [4.78, 5) is 39.9. The summed E-state index contributed by atoms with van der Waals surface area (Å²) in [6, 6.07) is 0.853. The van der Waals surface area contributed by atoms with Crippen molar-refractivity contribution in [1.82, 2.24) is 15.5 Å². The average Bonchev–Trinajstić information content (AvgIpc) is 2.75. The molecule has 0 aromatic carbocycles. The van der Waals surface area contributed by atoms with Gasteiger partial charge in [-0.1, -0.05) is 20.8 Å². The second-order valence-corrected chi connectivity index (χ2v) is 10.0. The Morgan fingerprint density at radius 1 is 1.19 bits per heavy atom. The fourth-order valence-electron chi connectivity index (χ4n) is 6.13. The van der Waals surface area contributed by atoms with Gasteiger partial charge < -0.3 is 20.2 Å². The minimum Gasteiger partial charge on any atom is -0.381 e. The Hall–Kier alpha value is -1.47. The first-order chi connectivity index (χ1) is 14.8. The third kappa shape index (κ3) is 5.67. The van der Waals surface area contributed by atoms with Crippen molar-refractivity contribution in [3.63, 3.8) is 0 Å². The smallest absolute Gasteiger partial charge is 0.225 e. The molecule has 3 aliphatic rings. The van der Waals surface area contributed by atoms with Crippen LogP contribution in [0.2, 0.25) is 0 Å².